The van der Waals surface area contributed by atoms with E-state index in [1.165, 1.54) is 9.75 Å². The van der Waals surface area contributed by atoms with Crippen molar-refractivity contribution in [3.8, 4) is 9.75 Å². The van der Waals surface area contributed by atoms with Gasteiger partial charge in [-0.2, -0.15) is 0 Å². The monoisotopic (exact) mass is 236 g/mol. The van der Waals surface area contributed by atoms with E-state index >= 15 is 0 Å². The Labute approximate surface area is 97.4 Å². The Kier molecular flexibility index (Phi) is 3.34. The summed E-state index contributed by atoms with van der Waals surface area (Å²) in [6.45, 7) is 2.03. The molecule has 0 spiro atoms. The fourth-order valence-electron chi connectivity index (χ4n) is 1.39. The molecule has 15 heavy (non-hydrogen) atoms. The van der Waals surface area contributed by atoms with Gasteiger partial charge >= 0.3 is 0 Å². The summed E-state index contributed by atoms with van der Waals surface area (Å²) < 4.78 is 0. The summed E-state index contributed by atoms with van der Waals surface area (Å²) >= 11 is 3.31. The Bertz CT molecular complexity index is 440. The van der Waals surface area contributed by atoms with E-state index in [0.717, 1.165) is 11.3 Å². The summed E-state index contributed by atoms with van der Waals surface area (Å²) in [5.41, 5.74) is 0. The van der Waals surface area contributed by atoms with Gasteiger partial charge in [-0.1, -0.05) is 13.0 Å². The molecule has 0 fully saturated rings. The van der Waals surface area contributed by atoms with Crippen LogP contribution in [0.5, 0.6) is 0 Å². The molecule has 0 aliphatic rings. The third-order valence-electron chi connectivity index (χ3n) is 2.12. The fraction of sp³-hybridized carbons (Fsp3) is 0.250. The number of thiophene rings is 2. The van der Waals surface area contributed by atoms with Crippen molar-refractivity contribution < 1.29 is 4.79 Å². The number of hydrogen-bond acceptors (Lipinski definition) is 3. The summed E-state index contributed by atoms with van der Waals surface area (Å²) in [4.78, 5) is 15.0. The minimum absolute atomic E-state index is 0.269. The zero-order valence-corrected chi connectivity index (χ0v) is 10.2. The molecule has 2 heterocycles. The largest absolute Gasteiger partial charge is 0.293 e. The molecule has 2 aromatic heterocycles. The SMILES string of the molecule is CCCC(=O)c1ccc(-c2cccs2)s1. The van der Waals surface area contributed by atoms with Gasteiger partial charge in [-0.05, 0) is 30.0 Å². The predicted octanol–water partition coefficient (Wildman–Crippen LogP) is 4.46. The lowest BCUT2D eigenvalue weighted by molar-refractivity contribution is 0.0985. The summed E-state index contributed by atoms with van der Waals surface area (Å²) in [5.74, 6) is 0.269. The minimum Gasteiger partial charge on any atom is -0.293 e. The van der Waals surface area contributed by atoms with Crippen LogP contribution in [0, 0.1) is 0 Å². The second-order valence-corrected chi connectivity index (χ2v) is 5.35. The van der Waals surface area contributed by atoms with E-state index in [1.54, 1.807) is 22.7 Å². The molecule has 2 aromatic rings. The van der Waals surface area contributed by atoms with E-state index in [-0.39, 0.29) is 5.78 Å². The Hall–Kier alpha value is -0.930. The third-order valence-corrected chi connectivity index (χ3v) is 4.31. The van der Waals surface area contributed by atoms with Crippen LogP contribution >= 0.6 is 22.7 Å². The zero-order chi connectivity index (χ0) is 10.7. The van der Waals surface area contributed by atoms with E-state index in [4.69, 9.17) is 0 Å². The molecule has 3 heteroatoms. The number of rotatable bonds is 4. The molecule has 0 amide bonds. The van der Waals surface area contributed by atoms with Crippen LogP contribution in [0.4, 0.5) is 0 Å². The van der Waals surface area contributed by atoms with Gasteiger partial charge in [0.2, 0.25) is 0 Å². The highest BCUT2D eigenvalue weighted by molar-refractivity contribution is 7.22. The summed E-state index contributed by atoms with van der Waals surface area (Å²) in [5, 5.41) is 2.06. The summed E-state index contributed by atoms with van der Waals surface area (Å²) in [6.07, 6.45) is 1.58. The Morgan fingerprint density at radius 1 is 1.27 bits per heavy atom. The lowest BCUT2D eigenvalue weighted by Gasteiger charge is -1.92. The van der Waals surface area contributed by atoms with Gasteiger partial charge in [-0.15, -0.1) is 22.7 Å². The molecule has 2 rings (SSSR count). The molecule has 0 saturated heterocycles. The molecule has 0 atom stereocenters. The molecular formula is C12H12OS2. The maximum atomic E-state index is 11.6. The number of carbonyl (C=O) groups is 1. The predicted molar refractivity (Wildman–Crippen MR) is 66.9 cm³/mol. The Balaban J connectivity index is 2.21. The Morgan fingerprint density at radius 3 is 2.80 bits per heavy atom. The van der Waals surface area contributed by atoms with Crippen LogP contribution in [0.25, 0.3) is 9.75 Å². The topological polar surface area (TPSA) is 17.1 Å². The molecule has 0 aliphatic heterocycles. The lowest BCUT2D eigenvalue weighted by Crippen LogP contribution is -1.93. The highest BCUT2D eigenvalue weighted by atomic mass is 32.1. The average Bonchev–Trinajstić information content (AvgIpc) is 2.89. The first kappa shape index (κ1) is 10.6. The molecule has 0 bridgehead atoms. The number of carbonyl (C=O) groups excluding carboxylic acids is 1. The third kappa shape index (κ3) is 2.36. The molecule has 0 aliphatic carbocycles. The van der Waals surface area contributed by atoms with Gasteiger partial charge < -0.3 is 0 Å². The molecule has 0 N–H and O–H groups in total. The molecule has 0 unspecified atom stereocenters. The van der Waals surface area contributed by atoms with Crippen LogP contribution in [0.2, 0.25) is 0 Å². The molecule has 0 aromatic carbocycles. The maximum absolute atomic E-state index is 11.6. The molecular weight excluding hydrogens is 224 g/mol. The molecule has 1 nitrogen and oxygen atoms in total. The Morgan fingerprint density at radius 2 is 2.13 bits per heavy atom. The van der Waals surface area contributed by atoms with Gasteiger partial charge in [-0.3, -0.25) is 4.79 Å². The van der Waals surface area contributed by atoms with Crippen molar-refractivity contribution in [2.24, 2.45) is 0 Å². The summed E-state index contributed by atoms with van der Waals surface area (Å²) in [6, 6.07) is 8.11. The average molecular weight is 236 g/mol. The standard InChI is InChI=1S/C12H12OS2/c1-2-4-9(13)10-6-7-12(15-10)11-5-3-8-14-11/h3,5-8H,2,4H2,1H3. The molecule has 0 saturated carbocycles. The van der Waals surface area contributed by atoms with Crippen molar-refractivity contribution in [2.45, 2.75) is 19.8 Å². The normalized spacial score (nSPS) is 10.5. The van der Waals surface area contributed by atoms with Crippen LogP contribution in [0.1, 0.15) is 29.4 Å². The van der Waals surface area contributed by atoms with Crippen LogP contribution in [0.3, 0.4) is 0 Å². The maximum Gasteiger partial charge on any atom is 0.172 e. The van der Waals surface area contributed by atoms with E-state index in [9.17, 15) is 4.79 Å². The van der Waals surface area contributed by atoms with Crippen molar-refractivity contribution >= 4 is 28.5 Å². The smallest absolute Gasteiger partial charge is 0.172 e. The van der Waals surface area contributed by atoms with Gasteiger partial charge in [0.15, 0.2) is 5.78 Å². The fourth-order valence-corrected chi connectivity index (χ4v) is 3.20. The second-order valence-electron chi connectivity index (χ2n) is 3.31. The van der Waals surface area contributed by atoms with Gasteiger partial charge in [0.1, 0.15) is 0 Å². The molecule has 0 radical (unpaired) electrons. The van der Waals surface area contributed by atoms with Gasteiger partial charge in [0.25, 0.3) is 0 Å². The molecule has 78 valence electrons. The van der Waals surface area contributed by atoms with E-state index < -0.39 is 0 Å². The van der Waals surface area contributed by atoms with Gasteiger partial charge in [-0.25, -0.2) is 0 Å². The van der Waals surface area contributed by atoms with Crippen molar-refractivity contribution in [2.75, 3.05) is 0 Å². The van der Waals surface area contributed by atoms with E-state index in [0.29, 0.717) is 6.42 Å². The van der Waals surface area contributed by atoms with Crippen LogP contribution in [-0.4, -0.2) is 5.78 Å². The lowest BCUT2D eigenvalue weighted by atomic mass is 10.2. The van der Waals surface area contributed by atoms with Crippen LogP contribution < -0.4 is 0 Å². The number of ketones is 1. The highest BCUT2D eigenvalue weighted by Crippen LogP contribution is 2.31. The van der Waals surface area contributed by atoms with Crippen molar-refractivity contribution in [3.63, 3.8) is 0 Å². The van der Waals surface area contributed by atoms with Crippen LogP contribution in [0.15, 0.2) is 29.6 Å². The highest BCUT2D eigenvalue weighted by Gasteiger charge is 2.09. The van der Waals surface area contributed by atoms with E-state index in [1.807, 2.05) is 25.1 Å². The van der Waals surface area contributed by atoms with Crippen molar-refractivity contribution in [3.05, 3.63) is 34.5 Å². The first-order valence-corrected chi connectivity index (χ1v) is 6.68. The van der Waals surface area contributed by atoms with Crippen molar-refractivity contribution in [1.82, 2.24) is 0 Å². The first-order valence-electron chi connectivity index (χ1n) is 4.98. The van der Waals surface area contributed by atoms with Crippen molar-refractivity contribution in [1.29, 1.82) is 0 Å². The second kappa shape index (κ2) is 4.73. The van der Waals surface area contributed by atoms with E-state index in [2.05, 4.69) is 11.4 Å². The van der Waals surface area contributed by atoms with Crippen LogP contribution in [-0.2, 0) is 0 Å². The van der Waals surface area contributed by atoms with Gasteiger partial charge in [0, 0.05) is 16.2 Å². The zero-order valence-electron chi connectivity index (χ0n) is 8.53. The number of Topliss-reactive ketones (excluding diaryl/α,β-unsaturated/α-hetero) is 1. The van der Waals surface area contributed by atoms with Gasteiger partial charge in [0.05, 0.1) is 4.88 Å². The quantitative estimate of drug-likeness (QED) is 0.716. The first-order chi connectivity index (χ1) is 7.31. The summed E-state index contributed by atoms with van der Waals surface area (Å²) in [7, 11) is 0. The minimum atomic E-state index is 0.269. The number of hydrogen-bond donors (Lipinski definition) is 0.